The third kappa shape index (κ3) is 6.27. The molecule has 2 nitrogen and oxygen atoms in total. The fraction of sp³-hybridized carbons (Fsp3) is 1.00. The van der Waals surface area contributed by atoms with E-state index in [-0.39, 0.29) is 0 Å². The van der Waals surface area contributed by atoms with Crippen LogP contribution in [0, 0.1) is 11.8 Å². The van der Waals surface area contributed by atoms with Crippen LogP contribution in [0.1, 0.15) is 66.2 Å². The molecule has 114 valence electrons. The molecule has 0 aromatic heterocycles. The zero-order valence-electron chi connectivity index (χ0n) is 13.8. The topological polar surface area (TPSA) is 15.3 Å². The first-order valence-corrected chi connectivity index (χ1v) is 8.66. The summed E-state index contributed by atoms with van der Waals surface area (Å²) < 4.78 is 0. The number of likely N-dealkylation sites (tertiary alicyclic amines) is 1. The van der Waals surface area contributed by atoms with Gasteiger partial charge in [-0.1, -0.05) is 40.5 Å². The molecule has 3 unspecified atom stereocenters. The molecule has 1 saturated heterocycles. The molecule has 2 heteroatoms. The van der Waals surface area contributed by atoms with Crippen molar-refractivity contribution < 1.29 is 0 Å². The summed E-state index contributed by atoms with van der Waals surface area (Å²) in [4.78, 5) is 2.72. The first kappa shape index (κ1) is 17.0. The van der Waals surface area contributed by atoms with E-state index in [1.807, 2.05) is 0 Å². The van der Waals surface area contributed by atoms with E-state index in [1.165, 1.54) is 64.7 Å². The van der Waals surface area contributed by atoms with Gasteiger partial charge < -0.3 is 10.2 Å². The van der Waals surface area contributed by atoms with E-state index in [0.717, 1.165) is 11.8 Å². The van der Waals surface area contributed by atoms with E-state index in [9.17, 15) is 0 Å². The van der Waals surface area contributed by atoms with Gasteiger partial charge in [0.2, 0.25) is 0 Å². The normalized spacial score (nSPS) is 24.9. The van der Waals surface area contributed by atoms with Gasteiger partial charge in [0.15, 0.2) is 0 Å². The summed E-state index contributed by atoms with van der Waals surface area (Å²) in [6.45, 7) is 14.4. The zero-order valence-corrected chi connectivity index (χ0v) is 13.8. The smallest absolute Gasteiger partial charge is 0.0220 e. The van der Waals surface area contributed by atoms with Crippen LogP contribution >= 0.6 is 0 Å². The van der Waals surface area contributed by atoms with Crippen LogP contribution in [-0.4, -0.2) is 37.1 Å². The number of nitrogens with one attached hydrogen (secondary N) is 1. The predicted octanol–water partition coefficient (Wildman–Crippen LogP) is 3.91. The lowest BCUT2D eigenvalue weighted by atomic mass is 9.98. The quantitative estimate of drug-likeness (QED) is 0.718. The predicted molar refractivity (Wildman–Crippen MR) is 85.6 cm³/mol. The average Bonchev–Trinajstić information content (AvgIpc) is 2.67. The molecule has 1 fully saturated rings. The van der Waals surface area contributed by atoms with Crippen molar-refractivity contribution in [3.05, 3.63) is 0 Å². The van der Waals surface area contributed by atoms with Crippen LogP contribution in [0.4, 0.5) is 0 Å². The molecule has 0 aromatic rings. The minimum atomic E-state index is 0.683. The molecule has 19 heavy (non-hydrogen) atoms. The Balaban J connectivity index is 2.43. The minimum absolute atomic E-state index is 0.683. The molecule has 1 N–H and O–H groups in total. The molecular formula is C17H36N2. The number of hydrogen-bond donors (Lipinski definition) is 1. The highest BCUT2D eigenvalue weighted by Gasteiger charge is 2.21. The van der Waals surface area contributed by atoms with Crippen LogP contribution in [0.2, 0.25) is 0 Å². The molecule has 0 radical (unpaired) electrons. The molecule has 1 rings (SSSR count). The van der Waals surface area contributed by atoms with Crippen LogP contribution < -0.4 is 5.32 Å². The first-order chi connectivity index (χ1) is 9.21. The van der Waals surface area contributed by atoms with Gasteiger partial charge in [-0.05, 0) is 57.2 Å². The maximum Gasteiger partial charge on any atom is 0.0220 e. The molecule has 1 heterocycles. The van der Waals surface area contributed by atoms with Gasteiger partial charge in [0.25, 0.3) is 0 Å². The Morgan fingerprint density at radius 1 is 1.16 bits per heavy atom. The summed E-state index contributed by atoms with van der Waals surface area (Å²) in [5.41, 5.74) is 0. The largest absolute Gasteiger partial charge is 0.312 e. The highest BCUT2D eigenvalue weighted by molar-refractivity contribution is 4.79. The van der Waals surface area contributed by atoms with Crippen LogP contribution in [-0.2, 0) is 0 Å². The van der Waals surface area contributed by atoms with Gasteiger partial charge in [0, 0.05) is 12.6 Å². The average molecular weight is 268 g/mol. The summed E-state index contributed by atoms with van der Waals surface area (Å²) in [6, 6.07) is 0.683. The monoisotopic (exact) mass is 268 g/mol. The van der Waals surface area contributed by atoms with Crippen LogP contribution in [0.5, 0.6) is 0 Å². The Bertz CT molecular complexity index is 217. The molecule has 0 aromatic carbocycles. The summed E-state index contributed by atoms with van der Waals surface area (Å²) >= 11 is 0. The lowest BCUT2D eigenvalue weighted by Gasteiger charge is -2.30. The summed E-state index contributed by atoms with van der Waals surface area (Å²) in [5, 5.41) is 3.77. The number of nitrogens with zero attached hydrogens (tertiary/aromatic N) is 1. The maximum atomic E-state index is 3.77. The lowest BCUT2D eigenvalue weighted by Crippen LogP contribution is -2.45. The second-order valence-corrected chi connectivity index (χ2v) is 6.45. The molecular weight excluding hydrogens is 232 g/mol. The Kier molecular flexibility index (Phi) is 8.72. The zero-order chi connectivity index (χ0) is 14.1. The first-order valence-electron chi connectivity index (χ1n) is 8.66. The van der Waals surface area contributed by atoms with E-state index in [4.69, 9.17) is 0 Å². The fourth-order valence-electron chi connectivity index (χ4n) is 3.15. The third-order valence-corrected chi connectivity index (χ3v) is 4.96. The standard InChI is InChI=1S/C17H36N2/c1-5-11-18-17(15(4)6-2)14-19-12-8-9-16(7-3)10-13-19/h15-18H,5-14H2,1-4H3. The van der Waals surface area contributed by atoms with E-state index in [2.05, 4.69) is 37.9 Å². The van der Waals surface area contributed by atoms with E-state index in [1.54, 1.807) is 0 Å². The summed E-state index contributed by atoms with van der Waals surface area (Å²) in [7, 11) is 0. The van der Waals surface area contributed by atoms with E-state index >= 15 is 0 Å². The molecule has 1 aliphatic rings. The highest BCUT2D eigenvalue weighted by Crippen LogP contribution is 2.21. The van der Waals surface area contributed by atoms with Crippen molar-refractivity contribution in [2.45, 2.75) is 72.3 Å². The third-order valence-electron chi connectivity index (χ3n) is 4.96. The Morgan fingerprint density at radius 2 is 1.95 bits per heavy atom. The molecule has 0 spiro atoms. The molecule has 0 bridgehead atoms. The van der Waals surface area contributed by atoms with Gasteiger partial charge >= 0.3 is 0 Å². The minimum Gasteiger partial charge on any atom is -0.312 e. The van der Waals surface area contributed by atoms with Crippen molar-refractivity contribution in [3.8, 4) is 0 Å². The van der Waals surface area contributed by atoms with Crippen molar-refractivity contribution in [1.29, 1.82) is 0 Å². The van der Waals surface area contributed by atoms with Gasteiger partial charge in [-0.3, -0.25) is 0 Å². The molecule has 3 atom stereocenters. The molecule has 0 aliphatic carbocycles. The van der Waals surface area contributed by atoms with Crippen molar-refractivity contribution in [2.24, 2.45) is 11.8 Å². The van der Waals surface area contributed by atoms with Crippen molar-refractivity contribution in [2.75, 3.05) is 26.2 Å². The van der Waals surface area contributed by atoms with Crippen molar-refractivity contribution in [3.63, 3.8) is 0 Å². The van der Waals surface area contributed by atoms with Crippen LogP contribution in [0.15, 0.2) is 0 Å². The van der Waals surface area contributed by atoms with E-state index in [0.29, 0.717) is 6.04 Å². The van der Waals surface area contributed by atoms with Crippen molar-refractivity contribution in [1.82, 2.24) is 10.2 Å². The number of hydrogen-bond acceptors (Lipinski definition) is 2. The van der Waals surface area contributed by atoms with Crippen LogP contribution in [0.25, 0.3) is 0 Å². The van der Waals surface area contributed by atoms with E-state index < -0.39 is 0 Å². The van der Waals surface area contributed by atoms with Crippen LogP contribution in [0.3, 0.4) is 0 Å². The van der Waals surface area contributed by atoms with Gasteiger partial charge in [0.1, 0.15) is 0 Å². The van der Waals surface area contributed by atoms with Gasteiger partial charge in [-0.15, -0.1) is 0 Å². The Morgan fingerprint density at radius 3 is 2.58 bits per heavy atom. The molecule has 0 saturated carbocycles. The Labute approximate surface area is 121 Å². The Hall–Kier alpha value is -0.0800. The highest BCUT2D eigenvalue weighted by atomic mass is 15.1. The maximum absolute atomic E-state index is 3.77. The van der Waals surface area contributed by atoms with Gasteiger partial charge in [-0.2, -0.15) is 0 Å². The van der Waals surface area contributed by atoms with Crippen molar-refractivity contribution >= 4 is 0 Å². The fourth-order valence-corrected chi connectivity index (χ4v) is 3.15. The second-order valence-electron chi connectivity index (χ2n) is 6.45. The molecule has 1 aliphatic heterocycles. The van der Waals surface area contributed by atoms with Gasteiger partial charge in [0.05, 0.1) is 0 Å². The molecule has 0 amide bonds. The van der Waals surface area contributed by atoms with Gasteiger partial charge in [-0.25, -0.2) is 0 Å². The summed E-state index contributed by atoms with van der Waals surface area (Å²) in [6.07, 6.45) is 8.16. The lowest BCUT2D eigenvalue weighted by molar-refractivity contribution is 0.214. The second kappa shape index (κ2) is 9.77. The SMILES string of the molecule is CCCNC(CN1CCCC(CC)CC1)C(C)CC. The number of rotatable bonds is 8. The summed E-state index contributed by atoms with van der Waals surface area (Å²) in [5.74, 6) is 1.77.